The van der Waals surface area contributed by atoms with Crippen LogP contribution < -0.4 is 0 Å². The first-order valence-corrected chi connectivity index (χ1v) is 4.82. The van der Waals surface area contributed by atoms with Gasteiger partial charge < -0.3 is 9.84 Å². The van der Waals surface area contributed by atoms with Crippen molar-refractivity contribution in [2.75, 3.05) is 7.11 Å². The first-order chi connectivity index (χ1) is 7.13. The number of aromatic hydroxyl groups is 1. The van der Waals surface area contributed by atoms with Crippen molar-refractivity contribution in [1.29, 1.82) is 0 Å². The largest absolute Gasteiger partial charge is 0.508 e. The molecule has 0 saturated carbocycles. The normalized spacial score (nSPS) is 12.7. The van der Waals surface area contributed by atoms with Crippen LogP contribution in [0.2, 0.25) is 0 Å². The topological polar surface area (TPSA) is 29.5 Å². The Morgan fingerprint density at radius 3 is 2.60 bits per heavy atom. The van der Waals surface area contributed by atoms with E-state index in [1.54, 1.807) is 19.2 Å². The van der Waals surface area contributed by atoms with Gasteiger partial charge in [-0.05, 0) is 43.2 Å². The van der Waals surface area contributed by atoms with Gasteiger partial charge in [-0.15, -0.1) is 0 Å². The Morgan fingerprint density at radius 1 is 1.27 bits per heavy atom. The summed E-state index contributed by atoms with van der Waals surface area (Å²) in [4.78, 5) is 0. The Bertz CT molecular complexity index is 389. The highest BCUT2D eigenvalue weighted by Crippen LogP contribution is 2.18. The lowest BCUT2D eigenvalue weighted by Crippen LogP contribution is -1.80. The Morgan fingerprint density at radius 2 is 2.00 bits per heavy atom. The van der Waals surface area contributed by atoms with Gasteiger partial charge in [0.25, 0.3) is 0 Å². The van der Waals surface area contributed by atoms with Gasteiger partial charge in [0.05, 0.1) is 12.9 Å². The molecule has 0 amide bonds. The highest BCUT2D eigenvalue weighted by Gasteiger charge is 1.95. The van der Waals surface area contributed by atoms with Crippen LogP contribution in [0.5, 0.6) is 5.75 Å². The molecule has 1 aromatic rings. The van der Waals surface area contributed by atoms with Gasteiger partial charge in [0.15, 0.2) is 0 Å². The molecule has 2 nitrogen and oxygen atoms in total. The van der Waals surface area contributed by atoms with E-state index in [1.807, 2.05) is 38.1 Å². The number of methoxy groups -OCH3 is 1. The molecule has 0 aliphatic carbocycles. The van der Waals surface area contributed by atoms with Crippen molar-refractivity contribution in [3.63, 3.8) is 0 Å². The highest BCUT2D eigenvalue weighted by molar-refractivity contribution is 5.66. The van der Waals surface area contributed by atoms with E-state index in [2.05, 4.69) is 0 Å². The minimum absolute atomic E-state index is 0.285. The van der Waals surface area contributed by atoms with Crippen LogP contribution in [0.1, 0.15) is 19.4 Å². The molecule has 0 spiro atoms. The number of phenolic OH excluding ortho intramolecular Hbond substituents is 1. The molecule has 0 aliphatic rings. The van der Waals surface area contributed by atoms with E-state index in [0.717, 1.165) is 16.9 Å². The van der Waals surface area contributed by atoms with Crippen LogP contribution in [0, 0.1) is 0 Å². The van der Waals surface area contributed by atoms with Gasteiger partial charge in [0, 0.05) is 0 Å². The molecule has 0 unspecified atom stereocenters. The van der Waals surface area contributed by atoms with E-state index in [4.69, 9.17) is 4.74 Å². The predicted octanol–water partition coefficient (Wildman–Crippen LogP) is 3.35. The minimum atomic E-state index is 0.285. The first-order valence-electron chi connectivity index (χ1n) is 4.82. The number of hydrogen-bond acceptors (Lipinski definition) is 2. The number of phenols is 1. The summed E-state index contributed by atoms with van der Waals surface area (Å²) < 4.78 is 5.03. The SMILES string of the molecule is CO/C(C)=C/C=C(\C)c1cccc(O)c1. The summed E-state index contributed by atoms with van der Waals surface area (Å²) in [5, 5.41) is 9.32. The zero-order chi connectivity index (χ0) is 11.3. The van der Waals surface area contributed by atoms with Gasteiger partial charge in [-0.3, -0.25) is 0 Å². The Balaban J connectivity index is 2.89. The first kappa shape index (κ1) is 11.4. The Hall–Kier alpha value is -1.70. The highest BCUT2D eigenvalue weighted by atomic mass is 16.5. The number of rotatable bonds is 3. The Kier molecular flexibility index (Phi) is 3.98. The average molecular weight is 204 g/mol. The standard InChI is InChI=1S/C13H16O2/c1-10(7-8-11(2)15-3)12-5-4-6-13(14)9-12/h4-9,14H,1-3H3/b10-7+,11-8+. The fourth-order valence-electron chi connectivity index (χ4n) is 1.16. The molecule has 80 valence electrons. The molecule has 0 atom stereocenters. The van der Waals surface area contributed by atoms with Crippen LogP contribution in [0.3, 0.4) is 0 Å². The van der Waals surface area contributed by atoms with Gasteiger partial charge in [0.2, 0.25) is 0 Å². The lowest BCUT2D eigenvalue weighted by atomic mass is 10.1. The summed E-state index contributed by atoms with van der Waals surface area (Å²) in [6, 6.07) is 7.19. The molecule has 15 heavy (non-hydrogen) atoms. The zero-order valence-corrected chi connectivity index (χ0v) is 9.32. The monoisotopic (exact) mass is 204 g/mol. The Labute approximate surface area is 90.5 Å². The lowest BCUT2D eigenvalue weighted by molar-refractivity contribution is 0.294. The van der Waals surface area contributed by atoms with Crippen LogP contribution >= 0.6 is 0 Å². The minimum Gasteiger partial charge on any atom is -0.508 e. The van der Waals surface area contributed by atoms with Crippen LogP contribution in [-0.2, 0) is 4.74 Å². The van der Waals surface area contributed by atoms with Gasteiger partial charge in [-0.1, -0.05) is 18.2 Å². The third kappa shape index (κ3) is 3.50. The third-order valence-electron chi connectivity index (χ3n) is 2.19. The molecule has 0 aliphatic heterocycles. The maximum atomic E-state index is 9.32. The van der Waals surface area contributed by atoms with Crippen LogP contribution in [0.4, 0.5) is 0 Å². The summed E-state index contributed by atoms with van der Waals surface area (Å²) >= 11 is 0. The van der Waals surface area contributed by atoms with Crippen molar-refractivity contribution in [3.8, 4) is 5.75 Å². The summed E-state index contributed by atoms with van der Waals surface area (Å²) in [7, 11) is 1.64. The van der Waals surface area contributed by atoms with Crippen LogP contribution in [0.25, 0.3) is 5.57 Å². The van der Waals surface area contributed by atoms with Crippen molar-refractivity contribution in [1.82, 2.24) is 0 Å². The van der Waals surface area contributed by atoms with Crippen molar-refractivity contribution in [3.05, 3.63) is 47.7 Å². The molecule has 0 heterocycles. The molecule has 2 heteroatoms. The smallest absolute Gasteiger partial charge is 0.116 e. The van der Waals surface area contributed by atoms with Gasteiger partial charge in [-0.2, -0.15) is 0 Å². The molecule has 1 aromatic carbocycles. The molecule has 0 aromatic heterocycles. The van der Waals surface area contributed by atoms with Gasteiger partial charge in [0.1, 0.15) is 5.75 Å². The molecular weight excluding hydrogens is 188 g/mol. The second kappa shape index (κ2) is 5.25. The molecule has 0 bridgehead atoms. The lowest BCUT2D eigenvalue weighted by Gasteiger charge is -2.01. The van der Waals surface area contributed by atoms with Gasteiger partial charge in [-0.25, -0.2) is 0 Å². The molecule has 0 saturated heterocycles. The fraction of sp³-hybridized carbons (Fsp3) is 0.231. The molecule has 0 radical (unpaired) electrons. The van der Waals surface area contributed by atoms with Crippen molar-refractivity contribution in [2.45, 2.75) is 13.8 Å². The second-order valence-electron chi connectivity index (χ2n) is 3.38. The molecule has 1 N–H and O–H groups in total. The quantitative estimate of drug-likeness (QED) is 0.604. The van der Waals surface area contributed by atoms with Crippen molar-refractivity contribution >= 4 is 5.57 Å². The van der Waals surface area contributed by atoms with E-state index in [-0.39, 0.29) is 5.75 Å². The van der Waals surface area contributed by atoms with E-state index in [9.17, 15) is 5.11 Å². The summed E-state index contributed by atoms with van der Waals surface area (Å²) in [5.74, 6) is 1.14. The number of benzene rings is 1. The van der Waals surface area contributed by atoms with Crippen molar-refractivity contribution < 1.29 is 9.84 Å². The predicted molar refractivity (Wildman–Crippen MR) is 62.5 cm³/mol. The number of allylic oxidation sites excluding steroid dienone is 4. The van der Waals surface area contributed by atoms with E-state index < -0.39 is 0 Å². The zero-order valence-electron chi connectivity index (χ0n) is 9.32. The average Bonchev–Trinajstić information content (AvgIpc) is 2.25. The summed E-state index contributed by atoms with van der Waals surface area (Å²) in [6.45, 7) is 3.89. The van der Waals surface area contributed by atoms with Gasteiger partial charge >= 0.3 is 0 Å². The van der Waals surface area contributed by atoms with E-state index >= 15 is 0 Å². The molecule has 1 rings (SSSR count). The van der Waals surface area contributed by atoms with E-state index in [1.165, 1.54) is 0 Å². The summed E-state index contributed by atoms with van der Waals surface area (Å²) in [6.07, 6.45) is 3.87. The second-order valence-corrected chi connectivity index (χ2v) is 3.38. The third-order valence-corrected chi connectivity index (χ3v) is 2.19. The maximum absolute atomic E-state index is 9.32. The number of ether oxygens (including phenoxy) is 1. The molecular formula is C13H16O2. The van der Waals surface area contributed by atoms with E-state index in [0.29, 0.717) is 0 Å². The fourth-order valence-corrected chi connectivity index (χ4v) is 1.16. The van der Waals surface area contributed by atoms with Crippen molar-refractivity contribution in [2.24, 2.45) is 0 Å². The maximum Gasteiger partial charge on any atom is 0.116 e. The van der Waals surface area contributed by atoms with Crippen LogP contribution in [0.15, 0.2) is 42.2 Å². The molecule has 0 fully saturated rings. The number of hydrogen-bond donors (Lipinski definition) is 1. The summed E-state index contributed by atoms with van der Waals surface area (Å²) in [5.41, 5.74) is 2.09. The van der Waals surface area contributed by atoms with Crippen LogP contribution in [-0.4, -0.2) is 12.2 Å².